The van der Waals surface area contributed by atoms with E-state index in [-0.39, 0.29) is 5.91 Å². The smallest absolute Gasteiger partial charge is 0.307 e. The summed E-state index contributed by atoms with van der Waals surface area (Å²) in [5, 5.41) is 11.8. The minimum Gasteiger partial charge on any atom is -0.492 e. The average molecular weight is 342 g/mol. The fourth-order valence-electron chi connectivity index (χ4n) is 2.22. The number of halogens is 1. The molecule has 0 saturated heterocycles. The number of amides is 1. The van der Waals surface area contributed by atoms with Crippen molar-refractivity contribution in [1.82, 2.24) is 0 Å². The van der Waals surface area contributed by atoms with E-state index in [2.05, 4.69) is 21.2 Å². The van der Waals surface area contributed by atoms with Crippen LogP contribution in [0.4, 0.5) is 5.69 Å². The Morgan fingerprint density at radius 3 is 2.65 bits per heavy atom. The molecule has 1 fully saturated rings. The number of hydrogen-bond donors (Lipinski definition) is 2. The Morgan fingerprint density at radius 1 is 1.40 bits per heavy atom. The monoisotopic (exact) mass is 341 g/mol. The summed E-state index contributed by atoms with van der Waals surface area (Å²) in [5.74, 6) is -1.62. The number of carboxylic acids is 1. The molecular weight excluding hydrogens is 326 g/mol. The predicted octanol–water partition coefficient (Wildman–Crippen LogP) is 2.90. The van der Waals surface area contributed by atoms with Crippen molar-refractivity contribution in [2.24, 2.45) is 11.8 Å². The van der Waals surface area contributed by atoms with E-state index in [1.807, 2.05) is 13.0 Å². The molecule has 2 N–H and O–H groups in total. The second kappa shape index (κ2) is 6.26. The van der Waals surface area contributed by atoms with Crippen LogP contribution in [-0.4, -0.2) is 23.6 Å². The van der Waals surface area contributed by atoms with Gasteiger partial charge in [-0.3, -0.25) is 9.59 Å². The van der Waals surface area contributed by atoms with E-state index in [1.165, 1.54) is 0 Å². The van der Waals surface area contributed by atoms with Crippen LogP contribution in [0.5, 0.6) is 5.75 Å². The first-order valence-electron chi connectivity index (χ1n) is 6.49. The largest absolute Gasteiger partial charge is 0.492 e. The van der Waals surface area contributed by atoms with Gasteiger partial charge in [0.25, 0.3) is 0 Å². The van der Waals surface area contributed by atoms with Gasteiger partial charge in [-0.05, 0) is 38.0 Å². The van der Waals surface area contributed by atoms with Crippen LogP contribution in [0.25, 0.3) is 0 Å². The van der Waals surface area contributed by atoms with E-state index in [4.69, 9.17) is 9.84 Å². The Hall–Kier alpha value is -1.56. The lowest BCUT2D eigenvalue weighted by atomic mass is 9.73. The first-order valence-corrected chi connectivity index (χ1v) is 7.28. The van der Waals surface area contributed by atoms with Gasteiger partial charge < -0.3 is 15.2 Å². The SMILES string of the molecule is CCOc1ccc(Br)cc1NC(=O)C1CCC1C(=O)O. The molecule has 20 heavy (non-hydrogen) atoms. The number of nitrogens with one attached hydrogen (secondary N) is 1. The molecule has 1 saturated carbocycles. The van der Waals surface area contributed by atoms with Crippen molar-refractivity contribution in [3.05, 3.63) is 22.7 Å². The Balaban J connectivity index is 2.11. The van der Waals surface area contributed by atoms with E-state index in [9.17, 15) is 9.59 Å². The Bertz CT molecular complexity index is 532. The first-order chi connectivity index (χ1) is 9.52. The Morgan fingerprint density at radius 2 is 2.10 bits per heavy atom. The lowest BCUT2D eigenvalue weighted by Crippen LogP contribution is -2.41. The molecule has 1 aromatic rings. The lowest BCUT2D eigenvalue weighted by Gasteiger charge is -2.32. The summed E-state index contributed by atoms with van der Waals surface area (Å²) in [5.41, 5.74) is 0.558. The van der Waals surface area contributed by atoms with E-state index in [0.29, 0.717) is 30.9 Å². The Kier molecular flexibility index (Phi) is 4.65. The highest BCUT2D eigenvalue weighted by Crippen LogP contribution is 2.36. The molecule has 108 valence electrons. The quantitative estimate of drug-likeness (QED) is 0.863. The predicted molar refractivity (Wildman–Crippen MR) is 77.8 cm³/mol. The minimum atomic E-state index is -0.907. The van der Waals surface area contributed by atoms with E-state index < -0.39 is 17.8 Å². The molecule has 1 amide bonds. The van der Waals surface area contributed by atoms with Crippen molar-refractivity contribution >= 4 is 33.5 Å². The summed E-state index contributed by atoms with van der Waals surface area (Å²) in [6.07, 6.45) is 1.17. The molecule has 0 aliphatic heterocycles. The van der Waals surface area contributed by atoms with Crippen molar-refractivity contribution in [3.8, 4) is 5.75 Å². The third kappa shape index (κ3) is 3.12. The molecule has 5 nitrogen and oxygen atoms in total. The number of benzene rings is 1. The molecule has 0 aromatic heterocycles. The highest BCUT2D eigenvalue weighted by Gasteiger charge is 2.41. The summed E-state index contributed by atoms with van der Waals surface area (Å²) in [7, 11) is 0. The molecule has 1 aromatic carbocycles. The lowest BCUT2D eigenvalue weighted by molar-refractivity contribution is -0.151. The van der Waals surface area contributed by atoms with Gasteiger partial charge in [0, 0.05) is 4.47 Å². The number of rotatable bonds is 5. The van der Waals surface area contributed by atoms with Crippen molar-refractivity contribution in [3.63, 3.8) is 0 Å². The van der Waals surface area contributed by atoms with Crippen LogP contribution < -0.4 is 10.1 Å². The second-order valence-electron chi connectivity index (χ2n) is 4.69. The van der Waals surface area contributed by atoms with Crippen LogP contribution >= 0.6 is 15.9 Å². The van der Waals surface area contributed by atoms with E-state index in [0.717, 1.165) is 4.47 Å². The van der Waals surface area contributed by atoms with Crippen LogP contribution in [0.15, 0.2) is 22.7 Å². The number of carbonyl (C=O) groups excluding carboxylic acids is 1. The third-order valence-electron chi connectivity index (χ3n) is 3.43. The van der Waals surface area contributed by atoms with Crippen molar-refractivity contribution < 1.29 is 19.4 Å². The zero-order chi connectivity index (χ0) is 14.7. The number of carbonyl (C=O) groups is 2. The summed E-state index contributed by atoms with van der Waals surface area (Å²) in [6.45, 7) is 2.35. The zero-order valence-electron chi connectivity index (χ0n) is 11.1. The van der Waals surface area contributed by atoms with Crippen LogP contribution in [0.3, 0.4) is 0 Å². The second-order valence-corrected chi connectivity index (χ2v) is 5.61. The maximum Gasteiger partial charge on any atom is 0.307 e. The number of carboxylic acid groups (broad SMARTS) is 1. The maximum absolute atomic E-state index is 12.1. The van der Waals surface area contributed by atoms with E-state index >= 15 is 0 Å². The number of ether oxygens (including phenoxy) is 1. The van der Waals surface area contributed by atoms with Gasteiger partial charge in [0.1, 0.15) is 5.75 Å². The summed E-state index contributed by atoms with van der Waals surface area (Å²) >= 11 is 3.34. The van der Waals surface area contributed by atoms with Gasteiger partial charge in [0.2, 0.25) is 5.91 Å². The third-order valence-corrected chi connectivity index (χ3v) is 3.92. The molecule has 0 heterocycles. The van der Waals surface area contributed by atoms with Crippen molar-refractivity contribution in [2.45, 2.75) is 19.8 Å². The molecule has 1 aliphatic carbocycles. The fraction of sp³-hybridized carbons (Fsp3) is 0.429. The van der Waals surface area contributed by atoms with Gasteiger partial charge in [-0.2, -0.15) is 0 Å². The summed E-state index contributed by atoms with van der Waals surface area (Å²) in [6, 6.07) is 5.33. The van der Waals surface area contributed by atoms with Crippen LogP contribution in [0.2, 0.25) is 0 Å². The number of hydrogen-bond acceptors (Lipinski definition) is 3. The van der Waals surface area contributed by atoms with Gasteiger partial charge in [-0.1, -0.05) is 15.9 Å². The van der Waals surface area contributed by atoms with Gasteiger partial charge in [0.15, 0.2) is 0 Å². The standard InChI is InChI=1S/C14H16BrNO4/c1-2-20-12-6-3-8(15)7-11(12)16-13(17)9-4-5-10(9)14(18)19/h3,6-7,9-10H,2,4-5H2,1H3,(H,16,17)(H,18,19). The van der Waals surface area contributed by atoms with Gasteiger partial charge in [0.05, 0.1) is 24.1 Å². The molecule has 0 radical (unpaired) electrons. The molecule has 2 unspecified atom stereocenters. The normalized spacial score (nSPS) is 20.9. The number of anilines is 1. The highest BCUT2D eigenvalue weighted by molar-refractivity contribution is 9.10. The maximum atomic E-state index is 12.1. The topological polar surface area (TPSA) is 75.6 Å². The first kappa shape index (κ1) is 14.8. The molecule has 2 rings (SSSR count). The summed E-state index contributed by atoms with van der Waals surface area (Å²) in [4.78, 5) is 23.1. The van der Waals surface area contributed by atoms with Crippen LogP contribution in [0.1, 0.15) is 19.8 Å². The molecule has 0 bridgehead atoms. The molecular formula is C14H16BrNO4. The van der Waals surface area contributed by atoms with Crippen LogP contribution in [0, 0.1) is 11.8 Å². The van der Waals surface area contributed by atoms with E-state index in [1.54, 1.807) is 12.1 Å². The van der Waals surface area contributed by atoms with Gasteiger partial charge in [-0.15, -0.1) is 0 Å². The van der Waals surface area contributed by atoms with Crippen molar-refractivity contribution in [2.75, 3.05) is 11.9 Å². The van der Waals surface area contributed by atoms with Crippen molar-refractivity contribution in [1.29, 1.82) is 0 Å². The Labute approximate surface area is 125 Å². The zero-order valence-corrected chi connectivity index (χ0v) is 12.6. The summed E-state index contributed by atoms with van der Waals surface area (Å²) < 4.78 is 6.27. The van der Waals surface area contributed by atoms with Gasteiger partial charge in [-0.25, -0.2) is 0 Å². The fourth-order valence-corrected chi connectivity index (χ4v) is 2.58. The molecule has 6 heteroatoms. The average Bonchev–Trinajstić information content (AvgIpc) is 2.30. The molecule has 0 spiro atoms. The van der Waals surface area contributed by atoms with Gasteiger partial charge >= 0.3 is 5.97 Å². The van der Waals surface area contributed by atoms with Crippen LogP contribution in [-0.2, 0) is 9.59 Å². The molecule has 2 atom stereocenters. The minimum absolute atomic E-state index is 0.261. The number of aliphatic carboxylic acids is 1. The molecule has 1 aliphatic rings. The highest BCUT2D eigenvalue weighted by atomic mass is 79.9.